The van der Waals surface area contributed by atoms with E-state index in [-0.39, 0.29) is 11.7 Å². The SMILES string of the molecule is N#Cc1ccc(N2CCN(CCCOCC3CCCN3c3cn[nH]c(=O)c3C(F)(F)F)CC2)nc1. The van der Waals surface area contributed by atoms with Gasteiger partial charge < -0.3 is 14.5 Å². The highest BCUT2D eigenvalue weighted by atomic mass is 19.4. The van der Waals surface area contributed by atoms with Crippen LogP contribution in [0.25, 0.3) is 0 Å². The van der Waals surface area contributed by atoms with E-state index in [1.54, 1.807) is 17.2 Å². The minimum Gasteiger partial charge on any atom is -0.379 e. The quantitative estimate of drug-likeness (QED) is 0.562. The van der Waals surface area contributed by atoms with Gasteiger partial charge in [-0.15, -0.1) is 0 Å². The van der Waals surface area contributed by atoms with Crippen LogP contribution in [0.15, 0.2) is 29.3 Å². The number of hydrogen-bond acceptors (Lipinski definition) is 8. The number of rotatable bonds is 8. The number of H-pyrrole nitrogens is 1. The summed E-state index contributed by atoms with van der Waals surface area (Å²) >= 11 is 0. The highest BCUT2D eigenvalue weighted by molar-refractivity contribution is 5.54. The van der Waals surface area contributed by atoms with Gasteiger partial charge in [0.2, 0.25) is 0 Å². The number of alkyl halides is 3. The normalized spacial score (nSPS) is 19.2. The van der Waals surface area contributed by atoms with Crippen molar-refractivity contribution in [2.75, 3.05) is 62.3 Å². The minimum absolute atomic E-state index is 0.179. The fourth-order valence-corrected chi connectivity index (χ4v) is 4.66. The molecule has 188 valence electrons. The van der Waals surface area contributed by atoms with Crippen LogP contribution in [-0.4, -0.2) is 78.6 Å². The van der Waals surface area contributed by atoms with Crippen molar-refractivity contribution in [1.29, 1.82) is 5.26 Å². The second-order valence-electron chi connectivity index (χ2n) is 8.72. The molecule has 0 aromatic carbocycles. The van der Waals surface area contributed by atoms with Gasteiger partial charge in [-0.1, -0.05) is 0 Å². The van der Waals surface area contributed by atoms with Gasteiger partial charge in [-0.05, 0) is 31.4 Å². The smallest absolute Gasteiger partial charge is 0.379 e. The van der Waals surface area contributed by atoms with Gasteiger partial charge in [0.25, 0.3) is 5.56 Å². The number of hydrogen-bond donors (Lipinski definition) is 1. The molecule has 1 unspecified atom stereocenters. The van der Waals surface area contributed by atoms with Crippen molar-refractivity contribution in [3.8, 4) is 6.07 Å². The first-order valence-electron chi connectivity index (χ1n) is 11.7. The fourth-order valence-electron chi connectivity index (χ4n) is 4.66. The molecule has 2 fully saturated rings. The zero-order valence-electron chi connectivity index (χ0n) is 19.3. The Balaban J connectivity index is 1.20. The summed E-state index contributed by atoms with van der Waals surface area (Å²) in [6.45, 7) is 5.62. The van der Waals surface area contributed by atoms with E-state index >= 15 is 0 Å². The van der Waals surface area contributed by atoms with Gasteiger partial charge in [0.15, 0.2) is 0 Å². The third-order valence-corrected chi connectivity index (χ3v) is 6.45. The lowest BCUT2D eigenvalue weighted by molar-refractivity contribution is -0.138. The molecule has 4 rings (SSSR count). The first kappa shape index (κ1) is 24.9. The van der Waals surface area contributed by atoms with Crippen molar-refractivity contribution in [2.24, 2.45) is 0 Å². The van der Waals surface area contributed by atoms with Crippen LogP contribution in [-0.2, 0) is 10.9 Å². The van der Waals surface area contributed by atoms with Crippen LogP contribution in [0.5, 0.6) is 0 Å². The number of nitrogens with zero attached hydrogens (tertiary/aromatic N) is 6. The minimum atomic E-state index is -4.75. The lowest BCUT2D eigenvalue weighted by Crippen LogP contribution is -2.47. The highest BCUT2D eigenvalue weighted by Gasteiger charge is 2.40. The van der Waals surface area contributed by atoms with Crippen LogP contribution < -0.4 is 15.4 Å². The summed E-state index contributed by atoms with van der Waals surface area (Å²) in [6.07, 6.45) is 0.171. The van der Waals surface area contributed by atoms with E-state index in [0.717, 1.165) is 57.6 Å². The molecule has 0 radical (unpaired) electrons. The molecule has 1 atom stereocenters. The molecule has 12 heteroatoms. The number of pyridine rings is 1. The van der Waals surface area contributed by atoms with E-state index in [4.69, 9.17) is 10.00 Å². The van der Waals surface area contributed by atoms with Gasteiger partial charge in [-0.25, -0.2) is 10.1 Å². The molecule has 2 saturated heterocycles. The maximum absolute atomic E-state index is 13.4. The number of anilines is 2. The molecular formula is C23H28F3N7O2. The second-order valence-corrected chi connectivity index (χ2v) is 8.72. The number of halogens is 3. The van der Waals surface area contributed by atoms with Gasteiger partial charge >= 0.3 is 6.18 Å². The monoisotopic (exact) mass is 491 g/mol. The number of nitrogens with one attached hydrogen (secondary N) is 1. The van der Waals surface area contributed by atoms with E-state index < -0.39 is 17.3 Å². The number of piperazine rings is 1. The summed E-state index contributed by atoms with van der Waals surface area (Å²) in [5, 5.41) is 14.4. The van der Waals surface area contributed by atoms with Crippen molar-refractivity contribution >= 4 is 11.5 Å². The maximum Gasteiger partial charge on any atom is 0.423 e. The Morgan fingerprint density at radius 2 is 1.97 bits per heavy atom. The average Bonchev–Trinajstić information content (AvgIpc) is 3.32. The van der Waals surface area contributed by atoms with Crippen LogP contribution in [0.2, 0.25) is 0 Å². The Hall–Kier alpha value is -3.17. The van der Waals surface area contributed by atoms with Gasteiger partial charge in [0.1, 0.15) is 17.5 Å². The van der Waals surface area contributed by atoms with Crippen molar-refractivity contribution in [3.63, 3.8) is 0 Å². The second kappa shape index (κ2) is 11.0. The fraction of sp³-hybridized carbons (Fsp3) is 0.565. The molecule has 0 amide bonds. The average molecular weight is 492 g/mol. The molecule has 0 saturated carbocycles. The van der Waals surface area contributed by atoms with Crippen molar-refractivity contribution in [2.45, 2.75) is 31.5 Å². The van der Waals surface area contributed by atoms with Crippen LogP contribution in [0.3, 0.4) is 0 Å². The lowest BCUT2D eigenvalue weighted by atomic mass is 10.2. The largest absolute Gasteiger partial charge is 0.423 e. The van der Waals surface area contributed by atoms with Crippen LogP contribution in [0.4, 0.5) is 24.7 Å². The number of nitriles is 1. The zero-order valence-corrected chi connectivity index (χ0v) is 19.3. The predicted molar refractivity (Wildman–Crippen MR) is 123 cm³/mol. The van der Waals surface area contributed by atoms with Crippen molar-refractivity contribution in [3.05, 3.63) is 46.0 Å². The Labute approximate surface area is 201 Å². The van der Waals surface area contributed by atoms with E-state index in [9.17, 15) is 18.0 Å². The Kier molecular flexibility index (Phi) is 7.87. The molecule has 4 heterocycles. The molecule has 0 aliphatic carbocycles. The molecule has 2 aliphatic rings. The van der Waals surface area contributed by atoms with Gasteiger partial charge in [-0.3, -0.25) is 9.69 Å². The molecule has 0 spiro atoms. The summed E-state index contributed by atoms with van der Waals surface area (Å²) < 4.78 is 46.2. The summed E-state index contributed by atoms with van der Waals surface area (Å²) in [7, 11) is 0. The molecule has 9 nitrogen and oxygen atoms in total. The third-order valence-electron chi connectivity index (χ3n) is 6.45. The standard InChI is InChI=1S/C23H28F3N7O2/c24-23(25,26)21-19(15-29-30-22(21)34)33-7-1-3-18(33)16-35-12-2-6-31-8-10-32(11-9-31)20-5-4-17(13-27)14-28-20/h4-5,14-15,18H,1-3,6-12,16H2,(H,30,34). The summed E-state index contributed by atoms with van der Waals surface area (Å²) in [5.41, 5.74) is -2.06. The number of aromatic nitrogens is 3. The summed E-state index contributed by atoms with van der Waals surface area (Å²) in [5.74, 6) is 0.873. The lowest BCUT2D eigenvalue weighted by Gasteiger charge is -2.35. The van der Waals surface area contributed by atoms with E-state index in [2.05, 4.69) is 26.0 Å². The maximum atomic E-state index is 13.4. The highest BCUT2D eigenvalue weighted by Crippen LogP contribution is 2.36. The number of aromatic amines is 1. The Morgan fingerprint density at radius 1 is 1.17 bits per heavy atom. The van der Waals surface area contributed by atoms with E-state index in [0.29, 0.717) is 31.7 Å². The topological polar surface area (TPSA) is 101 Å². The Bertz CT molecular complexity index is 1080. The van der Waals surface area contributed by atoms with Gasteiger partial charge in [-0.2, -0.15) is 23.5 Å². The van der Waals surface area contributed by atoms with Crippen molar-refractivity contribution < 1.29 is 17.9 Å². The predicted octanol–water partition coefficient (Wildman–Crippen LogP) is 2.25. The molecular weight excluding hydrogens is 463 g/mol. The van der Waals surface area contributed by atoms with Crippen LogP contribution in [0, 0.1) is 11.3 Å². The van der Waals surface area contributed by atoms with Gasteiger partial charge in [0, 0.05) is 52.1 Å². The zero-order chi connectivity index (χ0) is 24.8. The molecule has 35 heavy (non-hydrogen) atoms. The number of ether oxygens (including phenoxy) is 1. The first-order valence-corrected chi connectivity index (χ1v) is 11.7. The van der Waals surface area contributed by atoms with Crippen LogP contribution >= 0.6 is 0 Å². The molecule has 2 aromatic heterocycles. The Morgan fingerprint density at radius 3 is 2.66 bits per heavy atom. The molecule has 0 bridgehead atoms. The summed E-state index contributed by atoms with van der Waals surface area (Å²) in [6, 6.07) is 5.49. The molecule has 2 aliphatic heterocycles. The van der Waals surface area contributed by atoms with E-state index in [1.807, 2.05) is 11.2 Å². The first-order chi connectivity index (χ1) is 16.9. The molecule has 2 aromatic rings. The molecule has 1 N–H and O–H groups in total. The third kappa shape index (κ3) is 6.10. The van der Waals surface area contributed by atoms with Crippen LogP contribution in [0.1, 0.15) is 30.4 Å². The van der Waals surface area contributed by atoms with E-state index in [1.165, 1.54) is 0 Å². The summed E-state index contributed by atoms with van der Waals surface area (Å²) in [4.78, 5) is 22.3. The van der Waals surface area contributed by atoms with Gasteiger partial charge in [0.05, 0.1) is 30.1 Å². The van der Waals surface area contributed by atoms with Crippen molar-refractivity contribution in [1.82, 2.24) is 20.1 Å².